The lowest BCUT2D eigenvalue weighted by molar-refractivity contribution is 0.0159. The Hall–Kier alpha value is -0.970. The fraction of sp³-hybridized carbons (Fsp3) is 0.300. The molecule has 15 heavy (non-hydrogen) atoms. The average molecular weight is 279 g/mol. The molecule has 0 heterocycles. The molecular formula is C10H9BrF2O2. The van der Waals surface area contributed by atoms with Gasteiger partial charge in [0.1, 0.15) is 0 Å². The second-order valence-corrected chi connectivity index (χ2v) is 3.72. The number of hydrogen-bond donors (Lipinski definition) is 0. The summed E-state index contributed by atoms with van der Waals surface area (Å²) in [5.41, 5.74) is 1.11. The fourth-order valence-electron chi connectivity index (χ4n) is 1.02. The monoisotopic (exact) mass is 278 g/mol. The number of carbonyl (C=O) groups excluding carboxylic acids is 1. The Labute approximate surface area is 94.4 Å². The van der Waals surface area contributed by atoms with Crippen molar-refractivity contribution in [1.82, 2.24) is 0 Å². The molecule has 0 fully saturated rings. The smallest absolute Gasteiger partial charge is 0.339 e. The molecule has 0 bridgehead atoms. The first-order valence-corrected chi connectivity index (χ1v) is 5.02. The second kappa shape index (κ2) is 5.21. The number of alkyl halides is 2. The van der Waals surface area contributed by atoms with Gasteiger partial charge in [0, 0.05) is 4.47 Å². The molecule has 5 heteroatoms. The summed E-state index contributed by atoms with van der Waals surface area (Å²) in [6.45, 7) is 0.924. The topological polar surface area (TPSA) is 26.3 Å². The largest absolute Gasteiger partial charge is 0.456 e. The molecule has 0 aliphatic heterocycles. The Kier molecular flexibility index (Phi) is 4.20. The highest BCUT2D eigenvalue weighted by Gasteiger charge is 2.14. The Morgan fingerprint density at radius 3 is 2.80 bits per heavy atom. The third kappa shape index (κ3) is 3.27. The number of ether oxygens (including phenoxy) is 1. The Morgan fingerprint density at radius 2 is 2.20 bits per heavy atom. The third-order valence-corrected chi connectivity index (χ3v) is 2.80. The maximum Gasteiger partial charge on any atom is 0.339 e. The van der Waals surface area contributed by atoms with E-state index in [1.54, 1.807) is 19.1 Å². The van der Waals surface area contributed by atoms with Crippen LogP contribution in [-0.4, -0.2) is 19.0 Å². The molecular weight excluding hydrogens is 270 g/mol. The molecule has 0 aliphatic rings. The zero-order valence-corrected chi connectivity index (χ0v) is 9.55. The van der Waals surface area contributed by atoms with Crippen molar-refractivity contribution >= 4 is 21.9 Å². The van der Waals surface area contributed by atoms with Crippen LogP contribution in [0.3, 0.4) is 0 Å². The summed E-state index contributed by atoms with van der Waals surface area (Å²) in [7, 11) is 0. The van der Waals surface area contributed by atoms with Crippen LogP contribution in [0.15, 0.2) is 22.7 Å². The summed E-state index contributed by atoms with van der Waals surface area (Å²) in [6, 6.07) is 4.98. The SMILES string of the molecule is Cc1cccc(C(=O)OCC(F)F)c1Br. The summed E-state index contributed by atoms with van der Waals surface area (Å²) in [4.78, 5) is 11.3. The summed E-state index contributed by atoms with van der Waals surface area (Å²) in [5.74, 6) is -0.745. The lowest BCUT2D eigenvalue weighted by atomic mass is 10.1. The van der Waals surface area contributed by atoms with Gasteiger partial charge in [0.15, 0.2) is 6.61 Å². The van der Waals surface area contributed by atoms with Crippen molar-refractivity contribution in [3.8, 4) is 0 Å². The minimum absolute atomic E-state index is 0.260. The molecule has 0 saturated carbocycles. The predicted molar refractivity (Wildman–Crippen MR) is 55.2 cm³/mol. The zero-order chi connectivity index (χ0) is 11.4. The van der Waals surface area contributed by atoms with Crippen molar-refractivity contribution in [3.63, 3.8) is 0 Å². The van der Waals surface area contributed by atoms with Crippen molar-refractivity contribution < 1.29 is 18.3 Å². The van der Waals surface area contributed by atoms with Gasteiger partial charge in [-0.3, -0.25) is 0 Å². The zero-order valence-electron chi connectivity index (χ0n) is 7.97. The number of carbonyl (C=O) groups is 1. The molecule has 0 aliphatic carbocycles. The minimum Gasteiger partial charge on any atom is -0.456 e. The molecule has 1 aromatic carbocycles. The molecule has 1 aromatic rings. The first-order valence-electron chi connectivity index (χ1n) is 4.22. The molecule has 0 unspecified atom stereocenters. The molecule has 0 saturated heterocycles. The quantitative estimate of drug-likeness (QED) is 0.794. The van der Waals surface area contributed by atoms with Crippen LogP contribution in [0.25, 0.3) is 0 Å². The van der Waals surface area contributed by atoms with Crippen LogP contribution in [0.1, 0.15) is 15.9 Å². The van der Waals surface area contributed by atoms with Gasteiger partial charge in [-0.1, -0.05) is 12.1 Å². The van der Waals surface area contributed by atoms with Crippen LogP contribution in [0.4, 0.5) is 8.78 Å². The van der Waals surface area contributed by atoms with Crippen molar-refractivity contribution in [2.24, 2.45) is 0 Å². The van der Waals surface area contributed by atoms with Gasteiger partial charge in [0.2, 0.25) is 0 Å². The second-order valence-electron chi connectivity index (χ2n) is 2.93. The van der Waals surface area contributed by atoms with Crippen LogP contribution in [-0.2, 0) is 4.74 Å². The molecule has 1 rings (SSSR count). The van der Waals surface area contributed by atoms with E-state index >= 15 is 0 Å². The molecule has 82 valence electrons. The van der Waals surface area contributed by atoms with Gasteiger partial charge in [-0.15, -0.1) is 0 Å². The maximum atomic E-state index is 11.8. The fourth-order valence-corrected chi connectivity index (χ4v) is 1.45. The summed E-state index contributed by atoms with van der Waals surface area (Å²) < 4.78 is 28.6. The number of halogens is 3. The Balaban J connectivity index is 2.78. The number of benzene rings is 1. The van der Waals surface area contributed by atoms with Crippen molar-refractivity contribution in [2.75, 3.05) is 6.61 Å². The molecule has 0 N–H and O–H groups in total. The normalized spacial score (nSPS) is 10.5. The van der Waals surface area contributed by atoms with E-state index in [2.05, 4.69) is 20.7 Å². The lowest BCUT2D eigenvalue weighted by Gasteiger charge is -2.07. The van der Waals surface area contributed by atoms with Gasteiger partial charge in [-0.25, -0.2) is 13.6 Å². The van der Waals surface area contributed by atoms with Crippen LogP contribution in [0.5, 0.6) is 0 Å². The van der Waals surface area contributed by atoms with Crippen LogP contribution in [0.2, 0.25) is 0 Å². The first-order chi connectivity index (χ1) is 7.02. The predicted octanol–water partition coefficient (Wildman–Crippen LogP) is 3.18. The summed E-state index contributed by atoms with van der Waals surface area (Å²) >= 11 is 3.20. The average Bonchev–Trinajstić information content (AvgIpc) is 2.18. The maximum absolute atomic E-state index is 11.8. The van der Waals surface area contributed by atoms with Gasteiger partial charge in [0.05, 0.1) is 5.56 Å². The summed E-state index contributed by atoms with van der Waals surface area (Å²) in [6.07, 6.45) is -2.64. The van der Waals surface area contributed by atoms with E-state index in [-0.39, 0.29) is 5.56 Å². The highest BCUT2D eigenvalue weighted by Crippen LogP contribution is 2.21. The number of aryl methyl sites for hydroxylation is 1. The van der Waals surface area contributed by atoms with Gasteiger partial charge in [-0.2, -0.15) is 0 Å². The Morgan fingerprint density at radius 1 is 1.53 bits per heavy atom. The summed E-state index contributed by atoms with van der Waals surface area (Å²) in [5, 5.41) is 0. The van der Waals surface area contributed by atoms with E-state index in [1.807, 2.05) is 0 Å². The van der Waals surface area contributed by atoms with Crippen LogP contribution >= 0.6 is 15.9 Å². The third-order valence-electron chi connectivity index (χ3n) is 1.75. The Bertz CT molecular complexity index is 366. The molecule has 0 aromatic heterocycles. The van der Waals surface area contributed by atoms with Gasteiger partial charge in [-0.05, 0) is 34.5 Å². The van der Waals surface area contributed by atoms with Gasteiger partial charge in [0.25, 0.3) is 6.43 Å². The number of esters is 1. The highest BCUT2D eigenvalue weighted by molar-refractivity contribution is 9.10. The van der Waals surface area contributed by atoms with E-state index in [1.165, 1.54) is 6.07 Å². The van der Waals surface area contributed by atoms with Crippen LogP contribution < -0.4 is 0 Å². The molecule has 0 amide bonds. The van der Waals surface area contributed by atoms with Crippen LogP contribution in [0, 0.1) is 6.92 Å². The molecule has 0 radical (unpaired) electrons. The molecule has 0 spiro atoms. The molecule has 0 atom stereocenters. The standard InChI is InChI=1S/C10H9BrF2O2/c1-6-3-2-4-7(9(6)11)10(14)15-5-8(12)13/h2-4,8H,5H2,1H3. The van der Waals surface area contributed by atoms with Gasteiger partial charge >= 0.3 is 5.97 Å². The van der Waals surface area contributed by atoms with E-state index in [9.17, 15) is 13.6 Å². The number of rotatable bonds is 3. The highest BCUT2D eigenvalue weighted by atomic mass is 79.9. The molecule has 2 nitrogen and oxygen atoms in total. The van der Waals surface area contributed by atoms with Crippen molar-refractivity contribution in [1.29, 1.82) is 0 Å². The number of hydrogen-bond acceptors (Lipinski definition) is 2. The lowest BCUT2D eigenvalue weighted by Crippen LogP contribution is -2.12. The van der Waals surface area contributed by atoms with Gasteiger partial charge < -0.3 is 4.74 Å². The van der Waals surface area contributed by atoms with E-state index < -0.39 is 19.0 Å². The first kappa shape index (κ1) is 12.1. The van der Waals surface area contributed by atoms with Crippen molar-refractivity contribution in [3.05, 3.63) is 33.8 Å². The minimum atomic E-state index is -2.64. The van der Waals surface area contributed by atoms with E-state index in [0.717, 1.165) is 5.56 Å². The van der Waals surface area contributed by atoms with Crippen molar-refractivity contribution in [2.45, 2.75) is 13.3 Å². The van der Waals surface area contributed by atoms with E-state index in [0.29, 0.717) is 4.47 Å². The van der Waals surface area contributed by atoms with E-state index in [4.69, 9.17) is 0 Å².